The summed E-state index contributed by atoms with van der Waals surface area (Å²) in [6, 6.07) is 7.00. The first kappa shape index (κ1) is 30.3. The Morgan fingerprint density at radius 1 is 1.17 bits per heavy atom. The number of amides is 1. The normalized spacial score (nSPS) is 23.3. The molecule has 2 saturated heterocycles. The molecule has 1 atom stereocenters. The van der Waals surface area contributed by atoms with E-state index in [4.69, 9.17) is 4.74 Å². The van der Waals surface area contributed by atoms with Crippen molar-refractivity contribution in [3.05, 3.63) is 72.7 Å². The third-order valence-corrected chi connectivity index (χ3v) is 7.92. The molecule has 41 heavy (non-hydrogen) atoms. The minimum atomic E-state index is -0.556. The summed E-state index contributed by atoms with van der Waals surface area (Å²) in [5.41, 5.74) is 3.73. The monoisotopic (exact) mass is 558 g/mol. The molecular formula is C33H46N6O2. The second kappa shape index (κ2) is 13.3. The van der Waals surface area contributed by atoms with E-state index in [2.05, 4.69) is 65.0 Å². The van der Waals surface area contributed by atoms with Crippen molar-refractivity contribution in [2.24, 2.45) is 12.0 Å². The van der Waals surface area contributed by atoms with E-state index in [0.29, 0.717) is 12.0 Å². The van der Waals surface area contributed by atoms with Gasteiger partial charge in [-0.2, -0.15) is 5.10 Å². The predicted octanol–water partition coefficient (Wildman–Crippen LogP) is 6.01. The lowest BCUT2D eigenvalue weighted by Crippen LogP contribution is -2.43. The Morgan fingerprint density at radius 3 is 2.61 bits per heavy atom. The lowest BCUT2D eigenvalue weighted by Gasteiger charge is -2.36. The van der Waals surface area contributed by atoms with Gasteiger partial charge in [-0.1, -0.05) is 26.5 Å². The molecule has 1 N–H and O–H groups in total. The third kappa shape index (κ3) is 7.55. The number of amidine groups is 1. The lowest BCUT2D eigenvalue weighted by molar-refractivity contribution is -0.125. The minimum absolute atomic E-state index is 0.0476. The number of fused-ring (bicyclic) bond motifs is 1. The summed E-state index contributed by atoms with van der Waals surface area (Å²) >= 11 is 0. The van der Waals surface area contributed by atoms with Gasteiger partial charge in [0.15, 0.2) is 0 Å². The number of carbonyl (C=O) groups excluding carboxylic acids is 1. The number of likely N-dealkylation sites (tertiary alicyclic amines) is 2. The molecule has 1 amide bonds. The zero-order valence-corrected chi connectivity index (χ0v) is 25.6. The molecule has 0 spiro atoms. The molecular weight excluding hydrogens is 512 g/mol. The first-order valence-corrected chi connectivity index (χ1v) is 14.9. The van der Waals surface area contributed by atoms with Gasteiger partial charge in [-0.15, -0.1) is 0 Å². The Kier molecular flexibility index (Phi) is 9.86. The Balaban J connectivity index is 0.00000189. The summed E-state index contributed by atoms with van der Waals surface area (Å²) in [6.45, 7) is 17.5. The quantitative estimate of drug-likeness (QED) is 0.465. The van der Waals surface area contributed by atoms with Crippen molar-refractivity contribution in [2.45, 2.75) is 71.4 Å². The second-order valence-electron chi connectivity index (χ2n) is 11.4. The minimum Gasteiger partial charge on any atom is -0.482 e. The van der Waals surface area contributed by atoms with Gasteiger partial charge in [-0.25, -0.2) is 4.99 Å². The molecule has 0 aliphatic carbocycles. The van der Waals surface area contributed by atoms with E-state index in [0.717, 1.165) is 73.9 Å². The van der Waals surface area contributed by atoms with Crippen LogP contribution in [0.1, 0.15) is 70.9 Å². The van der Waals surface area contributed by atoms with E-state index < -0.39 is 5.60 Å². The maximum absolute atomic E-state index is 12.0. The van der Waals surface area contributed by atoms with Crippen molar-refractivity contribution in [3.8, 4) is 5.75 Å². The molecule has 2 fully saturated rings. The molecule has 2 aromatic rings. The van der Waals surface area contributed by atoms with Crippen LogP contribution in [0.4, 0.5) is 5.69 Å². The van der Waals surface area contributed by atoms with Gasteiger partial charge in [-0.3, -0.25) is 14.4 Å². The van der Waals surface area contributed by atoms with Crippen LogP contribution in [0.15, 0.2) is 66.6 Å². The summed E-state index contributed by atoms with van der Waals surface area (Å²) in [7, 11) is 1.92. The van der Waals surface area contributed by atoms with Crippen LogP contribution in [0.5, 0.6) is 5.75 Å². The van der Waals surface area contributed by atoms with Crippen LogP contribution in [-0.2, 0) is 11.8 Å². The number of ether oxygens (including phenoxy) is 1. The van der Waals surface area contributed by atoms with Crippen LogP contribution >= 0.6 is 0 Å². The number of benzene rings is 1. The van der Waals surface area contributed by atoms with Crippen LogP contribution in [0, 0.1) is 0 Å². The molecule has 3 aliphatic rings. The van der Waals surface area contributed by atoms with E-state index >= 15 is 0 Å². The van der Waals surface area contributed by atoms with Crippen molar-refractivity contribution in [2.75, 3.05) is 31.5 Å². The number of allylic oxidation sites excluding steroid dienone is 2. The van der Waals surface area contributed by atoms with E-state index in [1.165, 1.54) is 11.6 Å². The highest BCUT2D eigenvalue weighted by Crippen LogP contribution is 2.37. The first-order chi connectivity index (χ1) is 19.7. The lowest BCUT2D eigenvalue weighted by atomic mass is 9.88. The topological polar surface area (TPSA) is 75.0 Å². The Morgan fingerprint density at radius 2 is 1.93 bits per heavy atom. The van der Waals surface area contributed by atoms with Crippen LogP contribution < -0.4 is 10.1 Å². The molecule has 8 heteroatoms. The average Bonchev–Trinajstić information content (AvgIpc) is 3.63. The zero-order chi connectivity index (χ0) is 29.6. The molecule has 8 nitrogen and oxygen atoms in total. The number of nitrogens with one attached hydrogen (secondary N) is 1. The maximum Gasteiger partial charge on any atom is 0.246 e. The van der Waals surface area contributed by atoms with Gasteiger partial charge < -0.3 is 15.0 Å². The van der Waals surface area contributed by atoms with Gasteiger partial charge in [0.2, 0.25) is 5.91 Å². The molecule has 1 unspecified atom stereocenters. The third-order valence-electron chi connectivity index (χ3n) is 7.92. The molecule has 0 radical (unpaired) electrons. The van der Waals surface area contributed by atoms with Crippen molar-refractivity contribution in [1.29, 1.82) is 0 Å². The van der Waals surface area contributed by atoms with Crippen LogP contribution in [-0.4, -0.2) is 69.1 Å². The number of rotatable bonds is 4. The smallest absolute Gasteiger partial charge is 0.246 e. The van der Waals surface area contributed by atoms with Crippen LogP contribution in [0.3, 0.4) is 0 Å². The number of hydrogen-bond donors (Lipinski definition) is 1. The van der Waals surface area contributed by atoms with E-state index in [-0.39, 0.29) is 5.91 Å². The Bertz CT molecular complexity index is 1310. The fourth-order valence-electron chi connectivity index (χ4n) is 5.90. The van der Waals surface area contributed by atoms with Gasteiger partial charge in [0, 0.05) is 44.1 Å². The number of hydrogen-bond acceptors (Lipinski definition) is 6. The largest absolute Gasteiger partial charge is 0.482 e. The van der Waals surface area contributed by atoms with E-state index in [1.54, 1.807) is 4.68 Å². The number of nitrogens with zero attached hydrogens (tertiary/aromatic N) is 5. The molecule has 4 heterocycles. The fourth-order valence-corrected chi connectivity index (χ4v) is 5.90. The van der Waals surface area contributed by atoms with Gasteiger partial charge in [-0.05, 0) is 101 Å². The van der Waals surface area contributed by atoms with Crippen molar-refractivity contribution in [3.63, 3.8) is 0 Å². The Hall–Kier alpha value is -3.65. The van der Waals surface area contributed by atoms with Gasteiger partial charge in [0.1, 0.15) is 17.2 Å². The molecule has 0 saturated carbocycles. The number of piperidine rings is 1. The molecule has 3 aliphatic heterocycles. The van der Waals surface area contributed by atoms with Gasteiger partial charge in [0.05, 0.1) is 11.9 Å². The zero-order valence-electron chi connectivity index (χ0n) is 25.6. The Labute approximate surface area is 245 Å². The molecule has 0 bridgehead atoms. The predicted molar refractivity (Wildman–Crippen MR) is 168 cm³/mol. The average molecular weight is 559 g/mol. The summed E-state index contributed by atoms with van der Waals surface area (Å²) in [5, 5.41) is 7.82. The SMILES string of the molecule is C=CC(=O)N1CCC(N2CCC(c3ccc4c(c3)NC(C)=N/C=C\C(c3cnn(C)c3)=C\C(C)(C)O4)CC2)C1.CC. The highest BCUT2D eigenvalue weighted by molar-refractivity contribution is 5.95. The standard InChI is InChI=1S/C31H40N6O2.C2H6/c1-6-30(38)37-16-12-27(21-37)36-14-10-23(11-15-36)24-7-8-29-28(17-24)34-22(2)32-13-9-25(18-31(3,4)39-29)26-19-33-35(5)20-26;1-2/h6-9,13,17-20,23,27H,1,10-12,14-16,21H2,2-5H3,(H,32,34);1-2H3/b13-9-,25-18-;. The summed E-state index contributed by atoms with van der Waals surface area (Å²) in [4.78, 5) is 21.1. The molecule has 5 rings (SSSR count). The highest BCUT2D eigenvalue weighted by atomic mass is 16.5. The van der Waals surface area contributed by atoms with Crippen molar-refractivity contribution < 1.29 is 9.53 Å². The number of aromatic nitrogens is 2. The maximum atomic E-state index is 12.0. The van der Waals surface area contributed by atoms with Gasteiger partial charge in [0.25, 0.3) is 0 Å². The van der Waals surface area contributed by atoms with Crippen LogP contribution in [0.25, 0.3) is 5.57 Å². The van der Waals surface area contributed by atoms with Crippen LogP contribution in [0.2, 0.25) is 0 Å². The highest BCUT2D eigenvalue weighted by Gasteiger charge is 2.32. The van der Waals surface area contributed by atoms with Crippen molar-refractivity contribution in [1.82, 2.24) is 19.6 Å². The van der Waals surface area contributed by atoms with Gasteiger partial charge >= 0.3 is 0 Å². The first-order valence-electron chi connectivity index (χ1n) is 14.9. The number of anilines is 1. The number of aliphatic imine (C=N–C) groups is 1. The number of carbonyl (C=O) groups is 1. The molecule has 1 aromatic heterocycles. The molecule has 220 valence electrons. The fraction of sp³-hybridized carbons (Fsp3) is 0.485. The summed E-state index contributed by atoms with van der Waals surface area (Å²) in [5.74, 6) is 2.14. The summed E-state index contributed by atoms with van der Waals surface area (Å²) in [6.07, 6.45) is 14.5. The second-order valence-corrected chi connectivity index (χ2v) is 11.4. The van der Waals surface area contributed by atoms with E-state index in [1.807, 2.05) is 57.4 Å². The number of aryl methyl sites for hydroxylation is 1. The van der Waals surface area contributed by atoms with Crippen molar-refractivity contribution >= 4 is 23.0 Å². The van der Waals surface area contributed by atoms with E-state index in [9.17, 15) is 4.79 Å². The summed E-state index contributed by atoms with van der Waals surface area (Å²) < 4.78 is 8.38. The molecule has 1 aromatic carbocycles.